The highest BCUT2D eigenvalue weighted by atomic mass is 16.5. The number of hydrogen-bond acceptors (Lipinski definition) is 5. The van der Waals surface area contributed by atoms with E-state index in [1.807, 2.05) is 67.5 Å². The lowest BCUT2D eigenvalue weighted by Crippen LogP contribution is -2.55. The van der Waals surface area contributed by atoms with Crippen molar-refractivity contribution in [2.45, 2.75) is 24.9 Å². The van der Waals surface area contributed by atoms with Gasteiger partial charge in [-0.3, -0.25) is 14.4 Å². The van der Waals surface area contributed by atoms with Gasteiger partial charge in [0.1, 0.15) is 11.8 Å². The summed E-state index contributed by atoms with van der Waals surface area (Å²) >= 11 is 0. The number of amides is 3. The summed E-state index contributed by atoms with van der Waals surface area (Å²) in [7, 11) is 5.51. The third kappa shape index (κ3) is 4.87. The van der Waals surface area contributed by atoms with Crippen LogP contribution in [0.2, 0.25) is 0 Å². The summed E-state index contributed by atoms with van der Waals surface area (Å²) in [4.78, 5) is 43.2. The first-order valence-electron chi connectivity index (χ1n) is 12.3. The standard InChI is InChI=1S/C29H30N4O4/c1-32(2)22-9-4-19(5-10-22)27(34)30-21-14-15-33-26(17-21)28(35)31-25-13-8-20(16-24(25)29(33)36)18-6-11-23(37-3)12-7-18/h4-13,16,21,26H,14-15,17H2,1-3H3,(H,30,34)(H,31,35)/t21-,26+/m1/s1. The van der Waals surface area contributed by atoms with Gasteiger partial charge < -0.3 is 25.2 Å². The number of nitrogens with zero attached hydrogens (tertiary/aromatic N) is 2. The fourth-order valence-electron chi connectivity index (χ4n) is 4.93. The van der Waals surface area contributed by atoms with Crippen LogP contribution in [0.3, 0.4) is 0 Å². The van der Waals surface area contributed by atoms with Crippen LogP contribution in [0.1, 0.15) is 33.6 Å². The second kappa shape index (κ2) is 9.97. The lowest BCUT2D eigenvalue weighted by atomic mass is 9.95. The van der Waals surface area contributed by atoms with E-state index in [1.165, 1.54) is 0 Å². The third-order valence-corrected chi connectivity index (χ3v) is 7.08. The Morgan fingerprint density at radius 2 is 1.70 bits per heavy atom. The highest BCUT2D eigenvalue weighted by Crippen LogP contribution is 2.32. The molecule has 8 heteroatoms. The molecular formula is C29H30N4O4. The van der Waals surface area contributed by atoms with Crippen LogP contribution in [0.25, 0.3) is 11.1 Å². The van der Waals surface area contributed by atoms with Crippen LogP contribution in [-0.4, -0.2) is 62.5 Å². The first-order valence-corrected chi connectivity index (χ1v) is 12.3. The van der Waals surface area contributed by atoms with Gasteiger partial charge in [0.2, 0.25) is 5.91 Å². The molecule has 3 amide bonds. The van der Waals surface area contributed by atoms with Crippen LogP contribution in [-0.2, 0) is 4.79 Å². The van der Waals surface area contributed by atoms with Crippen LogP contribution in [0, 0.1) is 0 Å². The molecule has 0 unspecified atom stereocenters. The first-order chi connectivity index (χ1) is 17.8. The molecule has 0 radical (unpaired) electrons. The molecular weight excluding hydrogens is 468 g/mol. The van der Waals surface area contributed by atoms with Crippen LogP contribution >= 0.6 is 0 Å². The Morgan fingerprint density at radius 3 is 2.38 bits per heavy atom. The molecule has 0 bridgehead atoms. The lowest BCUT2D eigenvalue weighted by Gasteiger charge is -2.37. The number of hydrogen-bond donors (Lipinski definition) is 2. The topological polar surface area (TPSA) is 91.0 Å². The summed E-state index contributed by atoms with van der Waals surface area (Å²) < 4.78 is 5.23. The van der Waals surface area contributed by atoms with E-state index in [-0.39, 0.29) is 23.8 Å². The Balaban J connectivity index is 1.32. The van der Waals surface area contributed by atoms with Gasteiger partial charge in [-0.25, -0.2) is 0 Å². The lowest BCUT2D eigenvalue weighted by molar-refractivity contribution is -0.121. The van der Waals surface area contributed by atoms with E-state index in [0.717, 1.165) is 22.6 Å². The molecule has 0 saturated carbocycles. The maximum Gasteiger partial charge on any atom is 0.256 e. The molecule has 2 aliphatic rings. The van der Waals surface area contributed by atoms with E-state index in [2.05, 4.69) is 10.6 Å². The Labute approximate surface area is 216 Å². The largest absolute Gasteiger partial charge is 0.497 e. The molecule has 0 spiro atoms. The van der Waals surface area contributed by atoms with Crippen molar-refractivity contribution in [3.8, 4) is 16.9 Å². The average Bonchev–Trinajstić information content (AvgIpc) is 3.02. The summed E-state index contributed by atoms with van der Waals surface area (Å²) in [5.74, 6) is 0.151. The van der Waals surface area contributed by atoms with Crippen LogP contribution in [0.5, 0.6) is 5.75 Å². The number of nitrogens with one attached hydrogen (secondary N) is 2. The molecule has 0 aromatic heterocycles. The van der Waals surface area contributed by atoms with Gasteiger partial charge in [0.05, 0.1) is 18.4 Å². The van der Waals surface area contributed by atoms with Gasteiger partial charge in [0.15, 0.2) is 0 Å². The normalized spacial score (nSPS) is 18.7. The van der Waals surface area contributed by atoms with E-state index in [1.54, 1.807) is 30.2 Å². The van der Waals surface area contributed by atoms with Crippen molar-refractivity contribution in [1.82, 2.24) is 10.2 Å². The fraction of sp³-hybridized carbons (Fsp3) is 0.276. The fourth-order valence-corrected chi connectivity index (χ4v) is 4.93. The summed E-state index contributed by atoms with van der Waals surface area (Å²) in [6.45, 7) is 0.383. The average molecular weight is 499 g/mol. The van der Waals surface area contributed by atoms with E-state index in [0.29, 0.717) is 36.2 Å². The molecule has 2 atom stereocenters. The summed E-state index contributed by atoms with van der Waals surface area (Å²) in [6, 6.07) is 19.6. The number of piperidine rings is 1. The Hall–Kier alpha value is -4.33. The van der Waals surface area contributed by atoms with Crippen LogP contribution < -0.4 is 20.3 Å². The molecule has 1 fully saturated rings. The molecule has 2 N–H and O–H groups in total. The summed E-state index contributed by atoms with van der Waals surface area (Å²) in [5, 5.41) is 5.99. The number of ether oxygens (including phenoxy) is 1. The van der Waals surface area contributed by atoms with Crippen molar-refractivity contribution in [3.63, 3.8) is 0 Å². The summed E-state index contributed by atoms with van der Waals surface area (Å²) in [6.07, 6.45) is 0.933. The molecule has 0 aliphatic carbocycles. The van der Waals surface area contributed by atoms with Crippen molar-refractivity contribution in [1.29, 1.82) is 0 Å². The monoisotopic (exact) mass is 498 g/mol. The maximum atomic E-state index is 13.6. The quantitative estimate of drug-likeness (QED) is 0.559. The molecule has 190 valence electrons. The first kappa shape index (κ1) is 24.4. The number of methoxy groups -OCH3 is 1. The zero-order valence-electron chi connectivity index (χ0n) is 21.2. The predicted octanol–water partition coefficient (Wildman–Crippen LogP) is 3.78. The SMILES string of the molecule is COc1ccc(-c2ccc3c(c2)C(=O)N2CC[C@@H](NC(=O)c4ccc(N(C)C)cc4)C[C@H]2C(=O)N3)cc1. The number of benzene rings is 3. The van der Waals surface area contributed by atoms with Crippen molar-refractivity contribution in [3.05, 3.63) is 77.9 Å². The zero-order chi connectivity index (χ0) is 26.1. The van der Waals surface area contributed by atoms with Crippen molar-refractivity contribution < 1.29 is 19.1 Å². The molecule has 2 heterocycles. The second-order valence-electron chi connectivity index (χ2n) is 9.63. The molecule has 2 aliphatic heterocycles. The number of anilines is 2. The molecule has 8 nitrogen and oxygen atoms in total. The number of rotatable bonds is 5. The third-order valence-electron chi connectivity index (χ3n) is 7.08. The number of carbonyl (C=O) groups is 3. The maximum absolute atomic E-state index is 13.6. The minimum atomic E-state index is -0.653. The van der Waals surface area contributed by atoms with Gasteiger partial charge in [0, 0.05) is 37.9 Å². The van der Waals surface area contributed by atoms with E-state index in [9.17, 15) is 14.4 Å². The minimum Gasteiger partial charge on any atom is -0.497 e. The molecule has 37 heavy (non-hydrogen) atoms. The van der Waals surface area contributed by atoms with Gasteiger partial charge >= 0.3 is 0 Å². The van der Waals surface area contributed by atoms with Gasteiger partial charge in [-0.05, 0) is 72.5 Å². The predicted molar refractivity (Wildman–Crippen MR) is 143 cm³/mol. The van der Waals surface area contributed by atoms with E-state index < -0.39 is 6.04 Å². The molecule has 3 aromatic rings. The smallest absolute Gasteiger partial charge is 0.256 e. The van der Waals surface area contributed by atoms with Gasteiger partial charge in [0.25, 0.3) is 11.8 Å². The molecule has 5 rings (SSSR count). The van der Waals surface area contributed by atoms with Crippen molar-refractivity contribution in [2.24, 2.45) is 0 Å². The van der Waals surface area contributed by atoms with Gasteiger partial charge in [-0.2, -0.15) is 0 Å². The molecule has 1 saturated heterocycles. The zero-order valence-corrected chi connectivity index (χ0v) is 21.2. The van der Waals surface area contributed by atoms with Crippen molar-refractivity contribution >= 4 is 29.1 Å². The number of fused-ring (bicyclic) bond motifs is 2. The van der Waals surface area contributed by atoms with Gasteiger partial charge in [-0.15, -0.1) is 0 Å². The van der Waals surface area contributed by atoms with E-state index >= 15 is 0 Å². The van der Waals surface area contributed by atoms with Crippen molar-refractivity contribution in [2.75, 3.05) is 38.0 Å². The Bertz CT molecular complexity index is 1340. The Morgan fingerprint density at radius 1 is 1.00 bits per heavy atom. The van der Waals surface area contributed by atoms with Crippen LogP contribution in [0.4, 0.5) is 11.4 Å². The van der Waals surface area contributed by atoms with E-state index in [4.69, 9.17) is 4.74 Å². The number of carbonyl (C=O) groups excluding carboxylic acids is 3. The van der Waals surface area contributed by atoms with Gasteiger partial charge in [-0.1, -0.05) is 18.2 Å². The second-order valence-corrected chi connectivity index (χ2v) is 9.63. The summed E-state index contributed by atoms with van der Waals surface area (Å²) in [5.41, 5.74) is 4.37. The highest BCUT2D eigenvalue weighted by molar-refractivity contribution is 6.10. The minimum absolute atomic E-state index is 0.183. The highest BCUT2D eigenvalue weighted by Gasteiger charge is 2.40. The van der Waals surface area contributed by atoms with Crippen LogP contribution in [0.15, 0.2) is 66.7 Å². The molecule has 3 aromatic carbocycles. The Kier molecular flexibility index (Phi) is 6.56.